The molecule has 1 saturated heterocycles. The van der Waals surface area contributed by atoms with E-state index >= 15 is 0 Å². The molecule has 0 radical (unpaired) electrons. The number of piperazine rings is 1. The molecule has 5 nitrogen and oxygen atoms in total. The Morgan fingerprint density at radius 2 is 2.05 bits per heavy atom. The minimum Gasteiger partial charge on any atom is -0.506 e. The summed E-state index contributed by atoms with van der Waals surface area (Å²) in [6, 6.07) is 4.98. The smallest absolute Gasteiger partial charge is 0.244 e. The van der Waals surface area contributed by atoms with E-state index in [-0.39, 0.29) is 11.7 Å². The van der Waals surface area contributed by atoms with Crippen molar-refractivity contribution in [2.24, 2.45) is 0 Å². The van der Waals surface area contributed by atoms with Crippen molar-refractivity contribution in [1.29, 1.82) is 0 Å². The lowest BCUT2D eigenvalue weighted by Crippen LogP contribution is -2.58. The van der Waals surface area contributed by atoms with Gasteiger partial charge in [-0.1, -0.05) is 15.9 Å². The Kier molecular flexibility index (Phi) is 4.67. The number of amides is 1. The lowest BCUT2D eigenvalue weighted by molar-refractivity contribution is -0.126. The molecule has 1 aliphatic rings. The zero-order valence-corrected chi connectivity index (χ0v) is 13.3. The summed E-state index contributed by atoms with van der Waals surface area (Å²) in [5.74, 6) is -0.0505. The molecule has 6 heteroatoms. The Morgan fingerprint density at radius 1 is 1.40 bits per heavy atom. The van der Waals surface area contributed by atoms with Crippen LogP contribution in [0.25, 0.3) is 0 Å². The molecule has 110 valence electrons. The first-order valence-corrected chi connectivity index (χ1v) is 7.46. The molecule has 1 aliphatic heterocycles. The fraction of sp³-hybridized carbons (Fsp3) is 0.500. The topological polar surface area (TPSA) is 64.6 Å². The second kappa shape index (κ2) is 6.11. The van der Waals surface area contributed by atoms with Gasteiger partial charge in [-0.2, -0.15) is 0 Å². The molecule has 1 fully saturated rings. The molecule has 0 atom stereocenters. The van der Waals surface area contributed by atoms with E-state index in [2.05, 4.69) is 31.5 Å². The van der Waals surface area contributed by atoms with E-state index in [1.165, 1.54) is 0 Å². The van der Waals surface area contributed by atoms with Crippen molar-refractivity contribution in [2.75, 3.05) is 31.5 Å². The van der Waals surface area contributed by atoms with Gasteiger partial charge in [0.15, 0.2) is 0 Å². The van der Waals surface area contributed by atoms with E-state index in [0.29, 0.717) is 5.69 Å². The van der Waals surface area contributed by atoms with Crippen molar-refractivity contribution in [1.82, 2.24) is 10.2 Å². The molecular formula is C14H20BrN3O2. The molecular weight excluding hydrogens is 322 g/mol. The third-order valence-corrected chi connectivity index (χ3v) is 4.16. The molecule has 1 amide bonds. The molecule has 0 unspecified atom stereocenters. The quantitative estimate of drug-likeness (QED) is 0.733. The van der Waals surface area contributed by atoms with Gasteiger partial charge in [-0.3, -0.25) is 9.69 Å². The Bertz CT molecular complexity index is 499. The Morgan fingerprint density at radius 3 is 2.70 bits per heavy atom. The summed E-state index contributed by atoms with van der Waals surface area (Å²) in [5, 5.41) is 15.9. The number of hydrogen-bond acceptors (Lipinski definition) is 4. The third-order valence-electron chi connectivity index (χ3n) is 3.67. The van der Waals surface area contributed by atoms with Crippen molar-refractivity contribution in [3.05, 3.63) is 22.7 Å². The average molecular weight is 342 g/mol. The fourth-order valence-electron chi connectivity index (χ4n) is 2.25. The van der Waals surface area contributed by atoms with Crippen LogP contribution in [0.2, 0.25) is 0 Å². The van der Waals surface area contributed by atoms with Crippen molar-refractivity contribution in [3.8, 4) is 5.75 Å². The Labute approximate surface area is 127 Å². The number of aromatic hydroxyl groups is 1. The summed E-state index contributed by atoms with van der Waals surface area (Å²) in [4.78, 5) is 14.6. The number of hydrogen-bond donors (Lipinski definition) is 3. The van der Waals surface area contributed by atoms with Crippen LogP contribution in [0.4, 0.5) is 5.69 Å². The van der Waals surface area contributed by atoms with Crippen LogP contribution in [0.3, 0.4) is 0 Å². The number of carbonyl (C=O) groups excluding carboxylic acids is 1. The number of anilines is 1. The molecule has 1 heterocycles. The number of halogens is 1. The number of phenols is 1. The summed E-state index contributed by atoms with van der Waals surface area (Å²) in [6.07, 6.45) is 0. The first-order chi connectivity index (χ1) is 9.41. The zero-order valence-electron chi connectivity index (χ0n) is 11.7. The van der Waals surface area contributed by atoms with Crippen LogP contribution >= 0.6 is 15.9 Å². The summed E-state index contributed by atoms with van der Waals surface area (Å²) >= 11 is 3.33. The minimum atomic E-state index is -0.614. The standard InChI is InChI=1S/C14H20BrN3O2/c1-14(2,18-7-5-16-6-8-18)13(20)17-11-9-10(15)3-4-12(11)19/h3-4,9,16,19H,5-8H2,1-2H3,(H,17,20). The van der Waals surface area contributed by atoms with Gasteiger partial charge in [-0.25, -0.2) is 0 Å². The van der Waals surface area contributed by atoms with Gasteiger partial charge in [0.25, 0.3) is 0 Å². The fourth-order valence-corrected chi connectivity index (χ4v) is 2.61. The van der Waals surface area contributed by atoms with Crippen LogP contribution in [0.15, 0.2) is 22.7 Å². The van der Waals surface area contributed by atoms with Crippen LogP contribution in [0.1, 0.15) is 13.8 Å². The highest BCUT2D eigenvalue weighted by molar-refractivity contribution is 9.10. The number of carbonyl (C=O) groups is 1. The predicted octanol–water partition coefficient (Wildman–Crippen LogP) is 1.78. The average Bonchev–Trinajstić information content (AvgIpc) is 2.43. The van der Waals surface area contributed by atoms with Crippen LogP contribution in [-0.4, -0.2) is 47.6 Å². The first kappa shape index (κ1) is 15.3. The second-order valence-electron chi connectivity index (χ2n) is 5.41. The van der Waals surface area contributed by atoms with E-state index in [1.807, 2.05) is 13.8 Å². The summed E-state index contributed by atoms with van der Waals surface area (Å²) in [7, 11) is 0. The van der Waals surface area contributed by atoms with Gasteiger partial charge >= 0.3 is 0 Å². The van der Waals surface area contributed by atoms with Gasteiger partial charge in [0, 0.05) is 30.7 Å². The van der Waals surface area contributed by atoms with Crippen molar-refractivity contribution in [2.45, 2.75) is 19.4 Å². The molecule has 0 spiro atoms. The molecule has 3 N–H and O–H groups in total. The van der Waals surface area contributed by atoms with E-state index in [0.717, 1.165) is 30.7 Å². The third kappa shape index (κ3) is 3.31. The van der Waals surface area contributed by atoms with Gasteiger partial charge in [0.2, 0.25) is 5.91 Å². The molecule has 0 aliphatic carbocycles. The van der Waals surface area contributed by atoms with Crippen molar-refractivity contribution >= 4 is 27.5 Å². The van der Waals surface area contributed by atoms with Crippen LogP contribution in [-0.2, 0) is 4.79 Å². The summed E-state index contributed by atoms with van der Waals surface area (Å²) < 4.78 is 0.811. The van der Waals surface area contributed by atoms with Gasteiger partial charge < -0.3 is 15.7 Å². The highest BCUT2D eigenvalue weighted by Gasteiger charge is 2.35. The molecule has 0 saturated carbocycles. The van der Waals surface area contributed by atoms with Crippen LogP contribution in [0.5, 0.6) is 5.75 Å². The number of rotatable bonds is 3. The number of nitrogens with one attached hydrogen (secondary N) is 2. The van der Waals surface area contributed by atoms with Gasteiger partial charge in [0.05, 0.1) is 11.2 Å². The van der Waals surface area contributed by atoms with Gasteiger partial charge in [0.1, 0.15) is 5.75 Å². The van der Waals surface area contributed by atoms with E-state index in [9.17, 15) is 9.90 Å². The molecule has 20 heavy (non-hydrogen) atoms. The Hall–Kier alpha value is -1.11. The summed E-state index contributed by atoms with van der Waals surface area (Å²) in [5.41, 5.74) is -0.191. The maximum atomic E-state index is 12.5. The molecule has 2 rings (SSSR count). The lowest BCUT2D eigenvalue weighted by Gasteiger charge is -2.39. The van der Waals surface area contributed by atoms with E-state index < -0.39 is 5.54 Å². The number of benzene rings is 1. The largest absolute Gasteiger partial charge is 0.506 e. The van der Waals surface area contributed by atoms with Gasteiger partial charge in [-0.05, 0) is 32.0 Å². The minimum absolute atomic E-state index is 0.0673. The maximum Gasteiger partial charge on any atom is 0.244 e. The van der Waals surface area contributed by atoms with E-state index in [4.69, 9.17) is 0 Å². The van der Waals surface area contributed by atoms with Crippen molar-refractivity contribution in [3.63, 3.8) is 0 Å². The highest BCUT2D eigenvalue weighted by atomic mass is 79.9. The first-order valence-electron chi connectivity index (χ1n) is 6.67. The SMILES string of the molecule is CC(C)(C(=O)Nc1cc(Br)ccc1O)N1CCNCC1. The monoisotopic (exact) mass is 341 g/mol. The molecule has 0 aromatic heterocycles. The summed E-state index contributed by atoms with van der Waals surface area (Å²) in [6.45, 7) is 7.26. The number of phenolic OH excluding ortho intramolecular Hbond substituents is 1. The Balaban J connectivity index is 2.11. The van der Waals surface area contributed by atoms with Crippen LogP contribution in [0, 0.1) is 0 Å². The van der Waals surface area contributed by atoms with Gasteiger partial charge in [-0.15, -0.1) is 0 Å². The zero-order chi connectivity index (χ0) is 14.8. The maximum absolute atomic E-state index is 12.5. The number of nitrogens with zero attached hydrogens (tertiary/aromatic N) is 1. The molecule has 1 aromatic rings. The highest BCUT2D eigenvalue weighted by Crippen LogP contribution is 2.28. The normalized spacial score (nSPS) is 16.9. The molecule has 0 bridgehead atoms. The molecule has 1 aromatic carbocycles. The lowest BCUT2D eigenvalue weighted by atomic mass is 10.00. The van der Waals surface area contributed by atoms with Crippen molar-refractivity contribution < 1.29 is 9.90 Å². The van der Waals surface area contributed by atoms with E-state index in [1.54, 1.807) is 18.2 Å². The second-order valence-corrected chi connectivity index (χ2v) is 6.33. The predicted molar refractivity (Wildman–Crippen MR) is 83.0 cm³/mol. The van der Waals surface area contributed by atoms with Crippen LogP contribution < -0.4 is 10.6 Å².